The van der Waals surface area contributed by atoms with E-state index < -0.39 is 10.0 Å². The largest absolute Gasteiger partial charge is 0.398 e. The van der Waals surface area contributed by atoms with Crippen LogP contribution in [0.2, 0.25) is 5.02 Å². The van der Waals surface area contributed by atoms with Crippen LogP contribution in [0.5, 0.6) is 0 Å². The zero-order chi connectivity index (χ0) is 13.6. The standard InChI is InChI=1S/C10H15ClN2O4S/c11-8-2-1-3-9(12)10(8)18(15,16)13-4-6-17-7-5-14/h1-3,13-14H,4-7,12H2. The number of anilines is 1. The molecule has 102 valence electrons. The molecule has 0 spiro atoms. The molecule has 0 saturated carbocycles. The molecule has 0 aliphatic carbocycles. The fraction of sp³-hybridized carbons (Fsp3) is 0.400. The van der Waals surface area contributed by atoms with Gasteiger partial charge in [-0.3, -0.25) is 0 Å². The SMILES string of the molecule is Nc1cccc(Cl)c1S(=O)(=O)NCCOCCO. The van der Waals surface area contributed by atoms with Crippen LogP contribution in [0.3, 0.4) is 0 Å². The number of sulfonamides is 1. The molecule has 1 aromatic rings. The zero-order valence-corrected chi connectivity index (χ0v) is 11.2. The summed E-state index contributed by atoms with van der Waals surface area (Å²) in [5, 5.41) is 8.55. The van der Waals surface area contributed by atoms with E-state index in [4.69, 9.17) is 27.2 Å². The third kappa shape index (κ3) is 4.11. The summed E-state index contributed by atoms with van der Waals surface area (Å²) in [6.45, 7) is 0.289. The van der Waals surface area contributed by atoms with E-state index >= 15 is 0 Å². The van der Waals surface area contributed by atoms with E-state index in [9.17, 15) is 8.42 Å². The number of hydrogen-bond donors (Lipinski definition) is 3. The number of hydrogen-bond acceptors (Lipinski definition) is 5. The maximum absolute atomic E-state index is 11.9. The van der Waals surface area contributed by atoms with Gasteiger partial charge in [-0.2, -0.15) is 0 Å². The Kier molecular flexibility index (Phi) is 5.83. The van der Waals surface area contributed by atoms with Crippen molar-refractivity contribution in [2.45, 2.75) is 4.90 Å². The molecule has 0 atom stereocenters. The molecule has 1 rings (SSSR count). The van der Waals surface area contributed by atoms with E-state index in [-0.39, 0.29) is 42.0 Å². The molecule has 18 heavy (non-hydrogen) atoms. The lowest BCUT2D eigenvalue weighted by Crippen LogP contribution is -2.28. The highest BCUT2D eigenvalue weighted by Crippen LogP contribution is 2.26. The van der Waals surface area contributed by atoms with Gasteiger partial charge in [0.15, 0.2) is 0 Å². The van der Waals surface area contributed by atoms with Crippen molar-refractivity contribution in [3.05, 3.63) is 23.2 Å². The van der Waals surface area contributed by atoms with Crippen molar-refractivity contribution in [2.24, 2.45) is 0 Å². The Morgan fingerprint density at radius 1 is 1.39 bits per heavy atom. The molecule has 0 heterocycles. The first-order valence-corrected chi connectivity index (χ1v) is 7.07. The van der Waals surface area contributed by atoms with Gasteiger partial charge in [0.2, 0.25) is 10.0 Å². The number of nitrogens with one attached hydrogen (secondary N) is 1. The van der Waals surface area contributed by atoms with Gasteiger partial charge in [0.25, 0.3) is 0 Å². The topological polar surface area (TPSA) is 102 Å². The minimum Gasteiger partial charge on any atom is -0.398 e. The predicted octanol–water partition coefficient (Wildman–Crippen LogP) is 0.209. The first kappa shape index (κ1) is 15.2. The summed E-state index contributed by atoms with van der Waals surface area (Å²) in [5.74, 6) is 0. The fourth-order valence-electron chi connectivity index (χ4n) is 1.30. The highest BCUT2D eigenvalue weighted by Gasteiger charge is 2.20. The average Bonchev–Trinajstić information content (AvgIpc) is 2.28. The zero-order valence-electron chi connectivity index (χ0n) is 9.60. The van der Waals surface area contributed by atoms with Crippen LogP contribution in [0.4, 0.5) is 5.69 Å². The molecule has 0 aromatic heterocycles. The van der Waals surface area contributed by atoms with Crippen LogP contribution in [0.15, 0.2) is 23.1 Å². The molecule has 0 fully saturated rings. The van der Waals surface area contributed by atoms with Gasteiger partial charge in [-0.1, -0.05) is 17.7 Å². The van der Waals surface area contributed by atoms with Crippen LogP contribution < -0.4 is 10.5 Å². The van der Waals surface area contributed by atoms with Crippen molar-refractivity contribution in [1.82, 2.24) is 4.72 Å². The van der Waals surface area contributed by atoms with E-state index in [2.05, 4.69) is 4.72 Å². The normalized spacial score (nSPS) is 11.7. The van der Waals surface area contributed by atoms with Crippen LogP contribution in [0, 0.1) is 0 Å². The van der Waals surface area contributed by atoms with Crippen molar-refractivity contribution in [3.63, 3.8) is 0 Å². The monoisotopic (exact) mass is 294 g/mol. The highest BCUT2D eigenvalue weighted by atomic mass is 35.5. The second-order valence-electron chi connectivity index (χ2n) is 3.39. The van der Waals surface area contributed by atoms with Crippen LogP contribution in [0.25, 0.3) is 0 Å². The highest BCUT2D eigenvalue weighted by molar-refractivity contribution is 7.89. The Hall–Kier alpha value is -0.860. The van der Waals surface area contributed by atoms with Crippen molar-refractivity contribution in [3.8, 4) is 0 Å². The Balaban J connectivity index is 2.69. The molecule has 4 N–H and O–H groups in total. The predicted molar refractivity (Wildman–Crippen MR) is 69.0 cm³/mol. The number of halogens is 1. The Bertz CT molecular complexity index is 472. The fourth-order valence-corrected chi connectivity index (χ4v) is 2.98. The summed E-state index contributed by atoms with van der Waals surface area (Å²) in [5.41, 5.74) is 5.68. The van der Waals surface area contributed by atoms with Gasteiger partial charge >= 0.3 is 0 Å². The maximum atomic E-state index is 11.9. The van der Waals surface area contributed by atoms with Gasteiger partial charge in [-0.05, 0) is 12.1 Å². The van der Waals surface area contributed by atoms with Gasteiger partial charge in [0, 0.05) is 6.54 Å². The number of nitrogens with two attached hydrogens (primary N) is 1. The first-order chi connectivity index (χ1) is 8.49. The maximum Gasteiger partial charge on any atom is 0.244 e. The lowest BCUT2D eigenvalue weighted by atomic mass is 10.3. The van der Waals surface area contributed by atoms with E-state index in [1.54, 1.807) is 6.07 Å². The first-order valence-electron chi connectivity index (χ1n) is 5.21. The second-order valence-corrected chi connectivity index (χ2v) is 5.50. The van der Waals surface area contributed by atoms with Crippen molar-refractivity contribution < 1.29 is 18.3 Å². The summed E-state index contributed by atoms with van der Waals surface area (Å²) in [4.78, 5) is -0.131. The average molecular weight is 295 g/mol. The van der Waals surface area contributed by atoms with E-state index in [1.165, 1.54) is 12.1 Å². The molecule has 0 aliphatic heterocycles. The molecule has 8 heteroatoms. The van der Waals surface area contributed by atoms with Crippen molar-refractivity contribution in [2.75, 3.05) is 32.1 Å². The molecule has 0 bridgehead atoms. The van der Waals surface area contributed by atoms with Gasteiger partial charge in [0.05, 0.1) is 30.5 Å². The molecular weight excluding hydrogens is 280 g/mol. The summed E-state index contributed by atoms with van der Waals surface area (Å²) >= 11 is 5.81. The second kappa shape index (κ2) is 6.91. The summed E-state index contributed by atoms with van der Waals surface area (Å²) < 4.78 is 31.1. The van der Waals surface area contributed by atoms with Crippen LogP contribution in [-0.4, -0.2) is 39.9 Å². The molecule has 0 amide bonds. The third-order valence-electron chi connectivity index (χ3n) is 2.04. The number of ether oxygens (including phenoxy) is 1. The minimum absolute atomic E-state index is 0.0683. The summed E-state index contributed by atoms with van der Waals surface area (Å²) in [6, 6.07) is 4.48. The molecule has 0 aliphatic rings. The Morgan fingerprint density at radius 2 is 2.11 bits per heavy atom. The molecule has 1 aromatic carbocycles. The molecule has 0 radical (unpaired) electrons. The van der Waals surface area contributed by atoms with Gasteiger partial charge < -0.3 is 15.6 Å². The number of aliphatic hydroxyl groups is 1. The van der Waals surface area contributed by atoms with E-state index in [0.29, 0.717) is 0 Å². The van der Waals surface area contributed by atoms with Gasteiger partial charge in [0.1, 0.15) is 4.90 Å². The van der Waals surface area contributed by atoms with Gasteiger partial charge in [-0.25, -0.2) is 13.1 Å². The Morgan fingerprint density at radius 3 is 2.72 bits per heavy atom. The van der Waals surface area contributed by atoms with Crippen LogP contribution in [-0.2, 0) is 14.8 Å². The molecular formula is C10H15ClN2O4S. The van der Waals surface area contributed by atoms with Crippen LogP contribution >= 0.6 is 11.6 Å². The lowest BCUT2D eigenvalue weighted by Gasteiger charge is -2.10. The molecule has 0 unspecified atom stereocenters. The van der Waals surface area contributed by atoms with E-state index in [0.717, 1.165) is 0 Å². The molecule has 0 saturated heterocycles. The third-order valence-corrected chi connectivity index (χ3v) is 4.04. The minimum atomic E-state index is -3.76. The smallest absolute Gasteiger partial charge is 0.244 e. The molecule has 6 nitrogen and oxygen atoms in total. The van der Waals surface area contributed by atoms with Crippen LogP contribution in [0.1, 0.15) is 0 Å². The number of rotatable bonds is 7. The van der Waals surface area contributed by atoms with E-state index in [1.807, 2.05) is 0 Å². The van der Waals surface area contributed by atoms with Crippen molar-refractivity contribution in [1.29, 1.82) is 0 Å². The number of nitrogen functional groups attached to an aromatic ring is 1. The Labute approximate surface area is 111 Å². The summed E-state index contributed by atoms with van der Waals surface area (Å²) in [6.07, 6.45) is 0. The number of aliphatic hydroxyl groups excluding tert-OH is 1. The quantitative estimate of drug-likeness (QED) is 0.493. The lowest BCUT2D eigenvalue weighted by molar-refractivity contribution is 0.0961. The summed E-state index contributed by atoms with van der Waals surface area (Å²) in [7, 11) is -3.76. The number of benzene rings is 1. The van der Waals surface area contributed by atoms with Crippen molar-refractivity contribution >= 4 is 27.3 Å². The van der Waals surface area contributed by atoms with Gasteiger partial charge in [-0.15, -0.1) is 0 Å².